The predicted octanol–water partition coefficient (Wildman–Crippen LogP) is 6.82. The third-order valence-corrected chi connectivity index (χ3v) is 7.04. The van der Waals surface area contributed by atoms with Crippen LogP contribution in [0.1, 0.15) is 43.6 Å². The summed E-state index contributed by atoms with van der Waals surface area (Å²) < 4.78 is 24.1. The smallest absolute Gasteiger partial charge is 0.347 e. The number of aryl methyl sites for hydroxylation is 2. The van der Waals surface area contributed by atoms with Crippen molar-refractivity contribution in [3.05, 3.63) is 134 Å². The maximum Gasteiger partial charge on any atom is 0.347 e. The highest BCUT2D eigenvalue weighted by molar-refractivity contribution is 6.31. The quantitative estimate of drug-likeness (QED) is 0.0543. The minimum absolute atomic E-state index is 0.0385. The number of hydrazone groups is 1. The predicted molar refractivity (Wildman–Crippen MR) is 169 cm³/mol. The van der Waals surface area contributed by atoms with Gasteiger partial charge in [0.2, 0.25) is 5.75 Å². The van der Waals surface area contributed by atoms with Crippen molar-refractivity contribution >= 4 is 35.4 Å². The molecule has 234 valence electrons. The second kappa shape index (κ2) is 13.8. The van der Waals surface area contributed by atoms with Gasteiger partial charge in [0.05, 0.1) is 18.2 Å². The summed E-state index contributed by atoms with van der Waals surface area (Å²) in [5.74, 6) is -0.864. The molecule has 0 atom stereocenters. The van der Waals surface area contributed by atoms with E-state index in [1.165, 1.54) is 49.6 Å². The lowest BCUT2D eigenvalue weighted by molar-refractivity contribution is -0.385. The average Bonchev–Trinajstić information content (AvgIpc) is 3.66. The Bertz CT molecular complexity index is 1930. The number of nitrogens with one attached hydrogen (secondary N) is 1. The van der Waals surface area contributed by atoms with Crippen LogP contribution in [0.25, 0.3) is 5.69 Å². The molecule has 12 nitrogen and oxygen atoms in total. The number of hydrogen-bond donors (Lipinski definition) is 1. The third-order valence-electron chi connectivity index (χ3n) is 6.80. The van der Waals surface area contributed by atoms with Crippen LogP contribution in [0, 0.1) is 24.0 Å². The van der Waals surface area contributed by atoms with Crippen molar-refractivity contribution in [1.82, 2.24) is 9.99 Å². The van der Waals surface area contributed by atoms with Gasteiger partial charge in [-0.3, -0.25) is 14.9 Å². The van der Waals surface area contributed by atoms with Crippen molar-refractivity contribution in [2.75, 3.05) is 7.11 Å². The fourth-order valence-electron chi connectivity index (χ4n) is 4.60. The number of hydrogen-bond acceptors (Lipinski definition) is 9. The number of rotatable bonds is 11. The Hall–Kier alpha value is -5.88. The normalized spacial score (nSPS) is 11.0. The van der Waals surface area contributed by atoms with E-state index in [2.05, 4.69) is 27.2 Å². The van der Waals surface area contributed by atoms with E-state index in [0.29, 0.717) is 11.5 Å². The summed E-state index contributed by atoms with van der Waals surface area (Å²) in [7, 11) is 1.35. The van der Waals surface area contributed by atoms with Crippen molar-refractivity contribution in [3.8, 4) is 22.9 Å². The Kier molecular flexibility index (Phi) is 9.48. The first kappa shape index (κ1) is 31.5. The molecule has 46 heavy (non-hydrogen) atoms. The zero-order chi connectivity index (χ0) is 32.8. The van der Waals surface area contributed by atoms with Gasteiger partial charge in [0.25, 0.3) is 0 Å². The number of carbonyl (C=O) groups excluding carboxylic acids is 2. The number of esters is 1. The van der Waals surface area contributed by atoms with Crippen LogP contribution in [-0.4, -0.2) is 34.7 Å². The van der Waals surface area contributed by atoms with Gasteiger partial charge in [0, 0.05) is 33.7 Å². The molecule has 5 rings (SSSR count). The number of benzene rings is 3. The zero-order valence-electron chi connectivity index (χ0n) is 24.9. The van der Waals surface area contributed by atoms with E-state index in [1.54, 1.807) is 6.07 Å². The van der Waals surface area contributed by atoms with Crippen molar-refractivity contribution in [2.24, 2.45) is 5.10 Å². The molecule has 1 amide bonds. The number of carbonyl (C=O) groups is 2. The number of amides is 1. The lowest BCUT2D eigenvalue weighted by Crippen LogP contribution is -2.17. The molecule has 1 N–H and O–H groups in total. The van der Waals surface area contributed by atoms with Crippen LogP contribution in [0.3, 0.4) is 0 Å². The summed E-state index contributed by atoms with van der Waals surface area (Å²) >= 11 is 6.01. The minimum Gasteiger partial charge on any atom is -0.496 e. The Morgan fingerprint density at radius 3 is 2.46 bits per heavy atom. The van der Waals surface area contributed by atoms with E-state index in [-0.39, 0.29) is 40.0 Å². The van der Waals surface area contributed by atoms with Gasteiger partial charge in [-0.15, -0.1) is 0 Å². The molecule has 0 saturated heterocycles. The first-order chi connectivity index (χ1) is 22.1. The highest BCUT2D eigenvalue weighted by Gasteiger charge is 2.24. The Morgan fingerprint density at radius 2 is 1.76 bits per heavy atom. The van der Waals surface area contributed by atoms with E-state index in [1.807, 2.05) is 38.1 Å². The summed E-state index contributed by atoms with van der Waals surface area (Å²) in [4.78, 5) is 36.6. The number of nitro benzene ring substituents is 1. The Balaban J connectivity index is 1.23. The number of para-hydroxylation sites is 1. The first-order valence-corrected chi connectivity index (χ1v) is 14.2. The molecule has 0 fully saturated rings. The van der Waals surface area contributed by atoms with Gasteiger partial charge in [0.15, 0.2) is 5.76 Å². The molecule has 0 saturated carbocycles. The largest absolute Gasteiger partial charge is 0.496 e. The molecular formula is C33H27ClN4O8. The van der Waals surface area contributed by atoms with Crippen LogP contribution in [0.5, 0.6) is 17.2 Å². The van der Waals surface area contributed by atoms with Crippen LogP contribution in [0.4, 0.5) is 5.69 Å². The van der Waals surface area contributed by atoms with Gasteiger partial charge in [0.1, 0.15) is 29.4 Å². The number of furan rings is 1. The zero-order valence-corrected chi connectivity index (χ0v) is 25.6. The second-order valence-corrected chi connectivity index (χ2v) is 10.3. The highest BCUT2D eigenvalue weighted by atomic mass is 35.5. The molecule has 2 aromatic heterocycles. The van der Waals surface area contributed by atoms with Crippen molar-refractivity contribution < 1.29 is 33.1 Å². The number of ether oxygens (including phenoxy) is 3. The number of nitro groups is 1. The molecule has 0 unspecified atom stereocenters. The van der Waals surface area contributed by atoms with Crippen LogP contribution >= 0.6 is 11.6 Å². The van der Waals surface area contributed by atoms with Gasteiger partial charge >= 0.3 is 17.6 Å². The van der Waals surface area contributed by atoms with Crippen LogP contribution in [0.15, 0.2) is 94.4 Å². The fourth-order valence-corrected chi connectivity index (χ4v) is 4.77. The van der Waals surface area contributed by atoms with Gasteiger partial charge in [-0.25, -0.2) is 10.2 Å². The van der Waals surface area contributed by atoms with Crippen LogP contribution in [0.2, 0.25) is 5.02 Å². The molecule has 2 heterocycles. The molecule has 0 spiro atoms. The third kappa shape index (κ3) is 7.08. The topological polar surface area (TPSA) is 147 Å². The van der Waals surface area contributed by atoms with E-state index < -0.39 is 22.5 Å². The number of halogens is 1. The maximum atomic E-state index is 13.0. The van der Waals surface area contributed by atoms with Gasteiger partial charge < -0.3 is 23.2 Å². The second-order valence-electron chi connectivity index (χ2n) is 9.89. The molecule has 0 aliphatic rings. The number of nitrogens with zero attached hydrogens (tertiary/aromatic N) is 3. The van der Waals surface area contributed by atoms with Gasteiger partial charge in [-0.1, -0.05) is 17.7 Å². The van der Waals surface area contributed by atoms with E-state index in [0.717, 1.165) is 23.3 Å². The van der Waals surface area contributed by atoms with Crippen LogP contribution in [-0.2, 0) is 6.61 Å². The van der Waals surface area contributed by atoms with Crippen molar-refractivity contribution in [1.29, 1.82) is 0 Å². The van der Waals surface area contributed by atoms with Crippen molar-refractivity contribution in [2.45, 2.75) is 20.5 Å². The number of methoxy groups -OCH3 is 1. The summed E-state index contributed by atoms with van der Waals surface area (Å²) in [6.07, 6.45) is 1.11. The van der Waals surface area contributed by atoms with Crippen molar-refractivity contribution in [3.63, 3.8) is 0 Å². The fraction of sp³-hybridized carbons (Fsp3) is 0.121. The van der Waals surface area contributed by atoms with Gasteiger partial charge in [-0.05, 0) is 86.6 Å². The Morgan fingerprint density at radius 1 is 1.02 bits per heavy atom. The van der Waals surface area contributed by atoms with Gasteiger partial charge in [-0.2, -0.15) is 5.10 Å². The van der Waals surface area contributed by atoms with Crippen LogP contribution < -0.4 is 19.6 Å². The minimum atomic E-state index is -0.945. The molecule has 0 aliphatic heterocycles. The standard InChI is InChI=1S/C33H27ClN4O8/c1-20-7-8-21(2)37(20)24-10-12-25(13-11-24)44-19-26-14-16-30(45-26)32(39)36-35-18-22-5-4-6-28(38(41)42)31(22)46-33(40)27-17-23(34)9-15-29(27)43-3/h4-18H,19H2,1-3H3,(H,36,39)/b35-18+. The molecule has 13 heteroatoms. The summed E-state index contributed by atoms with van der Waals surface area (Å²) in [5.41, 5.74) is 5.07. The Labute approximate surface area is 267 Å². The molecule has 0 bridgehead atoms. The molecule has 0 aliphatic carbocycles. The molecule has 0 radical (unpaired) electrons. The summed E-state index contributed by atoms with van der Waals surface area (Å²) in [5, 5.41) is 15.8. The molecule has 5 aromatic rings. The maximum absolute atomic E-state index is 13.0. The number of aromatic nitrogens is 1. The lowest BCUT2D eigenvalue weighted by atomic mass is 10.1. The SMILES string of the molecule is COc1ccc(Cl)cc1C(=O)Oc1c(/C=N/NC(=O)c2ccc(COc3ccc(-n4c(C)ccc4C)cc3)o2)cccc1[N+](=O)[O-]. The first-order valence-electron chi connectivity index (χ1n) is 13.8. The van der Waals surface area contributed by atoms with E-state index >= 15 is 0 Å². The van der Waals surface area contributed by atoms with E-state index in [9.17, 15) is 19.7 Å². The van der Waals surface area contributed by atoms with E-state index in [4.69, 9.17) is 30.2 Å². The summed E-state index contributed by atoms with van der Waals surface area (Å²) in [6, 6.07) is 23.1. The molecule has 3 aromatic carbocycles. The monoisotopic (exact) mass is 642 g/mol. The average molecular weight is 643 g/mol. The highest BCUT2D eigenvalue weighted by Crippen LogP contribution is 2.32. The molecular weight excluding hydrogens is 616 g/mol. The summed E-state index contributed by atoms with van der Waals surface area (Å²) in [6.45, 7) is 4.16. The lowest BCUT2D eigenvalue weighted by Gasteiger charge is -2.11.